The smallest absolute Gasteiger partial charge is 0.165 e. The van der Waals surface area contributed by atoms with E-state index in [4.69, 9.17) is 9.47 Å². The van der Waals surface area contributed by atoms with Gasteiger partial charge in [0.05, 0.1) is 20.3 Å². The molecule has 0 radical (unpaired) electrons. The third kappa shape index (κ3) is 3.27. The molecule has 0 amide bonds. The number of hydrogen-bond donors (Lipinski definition) is 1. The molecule has 0 heterocycles. The van der Waals surface area contributed by atoms with Gasteiger partial charge in [0.25, 0.3) is 0 Å². The van der Waals surface area contributed by atoms with Crippen LogP contribution in [0.25, 0.3) is 0 Å². The lowest BCUT2D eigenvalue weighted by Gasteiger charge is -2.13. The van der Waals surface area contributed by atoms with Crippen LogP contribution in [0.5, 0.6) is 11.5 Å². The quantitative estimate of drug-likeness (QED) is 0.912. The van der Waals surface area contributed by atoms with Crippen LogP contribution in [0.1, 0.15) is 17.2 Å². The maximum Gasteiger partial charge on any atom is 0.165 e. The fourth-order valence-electron chi connectivity index (χ4n) is 2.03. The van der Waals surface area contributed by atoms with Gasteiger partial charge in [-0.1, -0.05) is 18.2 Å². The highest BCUT2D eigenvalue weighted by Gasteiger charge is 2.11. The molecule has 2 rings (SSSR count). The van der Waals surface area contributed by atoms with Gasteiger partial charge in [0, 0.05) is 6.42 Å². The summed E-state index contributed by atoms with van der Waals surface area (Å²) in [7, 11) is 2.99. The Morgan fingerprint density at radius 2 is 1.90 bits per heavy atom. The van der Waals surface area contributed by atoms with Gasteiger partial charge < -0.3 is 14.6 Å². The van der Waals surface area contributed by atoms with E-state index in [1.54, 1.807) is 25.3 Å². The van der Waals surface area contributed by atoms with Crippen LogP contribution in [0.2, 0.25) is 0 Å². The van der Waals surface area contributed by atoms with Gasteiger partial charge in [-0.25, -0.2) is 4.39 Å². The minimum absolute atomic E-state index is 0.199. The standard InChI is InChI=1S/C16H17FO3/c1-19-13-5-3-4-12(10-13)15(18)9-11-6-7-16(20-2)14(17)8-11/h3-8,10,15,18H,9H2,1-2H3. The molecule has 106 valence electrons. The fourth-order valence-corrected chi connectivity index (χ4v) is 2.03. The Kier molecular flexibility index (Phi) is 4.58. The first-order chi connectivity index (χ1) is 9.63. The zero-order chi connectivity index (χ0) is 14.5. The molecular formula is C16H17FO3. The van der Waals surface area contributed by atoms with Gasteiger partial charge in [-0.05, 0) is 35.4 Å². The Hall–Kier alpha value is -2.07. The molecule has 1 unspecified atom stereocenters. The number of hydrogen-bond acceptors (Lipinski definition) is 3. The third-order valence-corrected chi connectivity index (χ3v) is 3.12. The van der Waals surface area contributed by atoms with Crippen LogP contribution >= 0.6 is 0 Å². The normalized spacial score (nSPS) is 12.0. The number of aliphatic hydroxyl groups excluding tert-OH is 1. The van der Waals surface area contributed by atoms with Gasteiger partial charge in [-0.3, -0.25) is 0 Å². The minimum atomic E-state index is -0.710. The van der Waals surface area contributed by atoms with E-state index in [1.165, 1.54) is 13.2 Å². The van der Waals surface area contributed by atoms with Gasteiger partial charge in [0.2, 0.25) is 0 Å². The summed E-state index contributed by atoms with van der Waals surface area (Å²) in [4.78, 5) is 0. The lowest BCUT2D eigenvalue weighted by atomic mass is 10.0. The van der Waals surface area contributed by atoms with E-state index in [0.29, 0.717) is 17.7 Å². The monoisotopic (exact) mass is 276 g/mol. The van der Waals surface area contributed by atoms with Gasteiger partial charge in [0.15, 0.2) is 11.6 Å². The zero-order valence-electron chi connectivity index (χ0n) is 11.5. The van der Waals surface area contributed by atoms with E-state index in [1.807, 2.05) is 18.2 Å². The summed E-state index contributed by atoms with van der Waals surface area (Å²) in [6.07, 6.45) is -0.383. The number of ether oxygens (including phenoxy) is 2. The molecule has 0 bridgehead atoms. The zero-order valence-corrected chi connectivity index (χ0v) is 11.5. The average molecular weight is 276 g/mol. The molecule has 2 aromatic rings. The largest absolute Gasteiger partial charge is 0.497 e. The summed E-state index contributed by atoms with van der Waals surface area (Å²) in [5.41, 5.74) is 1.44. The molecule has 3 nitrogen and oxygen atoms in total. The second kappa shape index (κ2) is 6.39. The number of aliphatic hydroxyl groups is 1. The van der Waals surface area contributed by atoms with Crippen molar-refractivity contribution in [3.8, 4) is 11.5 Å². The van der Waals surface area contributed by atoms with Crippen LogP contribution in [0.4, 0.5) is 4.39 Å². The van der Waals surface area contributed by atoms with E-state index in [-0.39, 0.29) is 5.75 Å². The summed E-state index contributed by atoms with van der Waals surface area (Å²) >= 11 is 0. The highest BCUT2D eigenvalue weighted by Crippen LogP contribution is 2.24. The fraction of sp³-hybridized carbons (Fsp3) is 0.250. The van der Waals surface area contributed by atoms with Crippen molar-refractivity contribution in [3.05, 3.63) is 59.4 Å². The van der Waals surface area contributed by atoms with E-state index < -0.39 is 11.9 Å². The van der Waals surface area contributed by atoms with Gasteiger partial charge in [0.1, 0.15) is 5.75 Å². The second-order valence-electron chi connectivity index (χ2n) is 4.47. The SMILES string of the molecule is COc1cccc(C(O)Cc2ccc(OC)c(F)c2)c1. The van der Waals surface area contributed by atoms with E-state index >= 15 is 0 Å². The molecule has 0 aromatic heterocycles. The lowest BCUT2D eigenvalue weighted by Crippen LogP contribution is -2.03. The van der Waals surface area contributed by atoms with Crippen LogP contribution in [0, 0.1) is 5.82 Å². The van der Waals surface area contributed by atoms with Gasteiger partial charge in [-0.2, -0.15) is 0 Å². The molecule has 0 saturated carbocycles. The second-order valence-corrected chi connectivity index (χ2v) is 4.47. The van der Waals surface area contributed by atoms with Crippen molar-refractivity contribution in [1.82, 2.24) is 0 Å². The van der Waals surface area contributed by atoms with Crippen LogP contribution in [-0.2, 0) is 6.42 Å². The lowest BCUT2D eigenvalue weighted by molar-refractivity contribution is 0.178. The predicted molar refractivity (Wildman–Crippen MR) is 74.6 cm³/mol. The van der Waals surface area contributed by atoms with Gasteiger partial charge >= 0.3 is 0 Å². The van der Waals surface area contributed by atoms with Crippen LogP contribution in [0.15, 0.2) is 42.5 Å². The summed E-state index contributed by atoms with van der Waals surface area (Å²) in [5, 5.41) is 10.2. The number of rotatable bonds is 5. The van der Waals surface area contributed by atoms with Crippen molar-refractivity contribution < 1.29 is 19.0 Å². The van der Waals surface area contributed by atoms with Crippen LogP contribution in [-0.4, -0.2) is 19.3 Å². The summed E-state index contributed by atoms with van der Waals surface area (Å²) in [5.74, 6) is 0.454. The highest BCUT2D eigenvalue weighted by molar-refractivity contribution is 5.33. The molecule has 2 aromatic carbocycles. The highest BCUT2D eigenvalue weighted by atomic mass is 19.1. The van der Waals surface area contributed by atoms with E-state index in [9.17, 15) is 9.50 Å². The minimum Gasteiger partial charge on any atom is -0.497 e. The number of methoxy groups -OCH3 is 2. The first kappa shape index (κ1) is 14.3. The van der Waals surface area contributed by atoms with Crippen LogP contribution in [0.3, 0.4) is 0 Å². The Labute approximate surface area is 117 Å². The summed E-state index contributed by atoms with van der Waals surface area (Å²) in [6, 6.07) is 11.9. The van der Waals surface area contributed by atoms with Crippen molar-refractivity contribution in [2.24, 2.45) is 0 Å². The third-order valence-electron chi connectivity index (χ3n) is 3.12. The van der Waals surface area contributed by atoms with Crippen molar-refractivity contribution in [3.63, 3.8) is 0 Å². The van der Waals surface area contributed by atoms with Crippen molar-refractivity contribution in [2.45, 2.75) is 12.5 Å². The predicted octanol–water partition coefficient (Wildman–Crippen LogP) is 3.12. The first-order valence-corrected chi connectivity index (χ1v) is 6.28. The van der Waals surface area contributed by atoms with E-state index in [0.717, 1.165) is 5.56 Å². The maximum absolute atomic E-state index is 13.6. The molecule has 1 atom stereocenters. The molecule has 0 aliphatic heterocycles. The summed E-state index contributed by atoms with van der Waals surface area (Å²) in [6.45, 7) is 0. The Bertz CT molecular complexity index is 584. The molecule has 0 spiro atoms. The Balaban J connectivity index is 2.14. The molecule has 0 saturated heterocycles. The molecule has 20 heavy (non-hydrogen) atoms. The first-order valence-electron chi connectivity index (χ1n) is 6.28. The number of benzene rings is 2. The van der Waals surface area contributed by atoms with E-state index in [2.05, 4.69) is 0 Å². The van der Waals surface area contributed by atoms with Crippen molar-refractivity contribution in [1.29, 1.82) is 0 Å². The van der Waals surface area contributed by atoms with Gasteiger partial charge in [-0.15, -0.1) is 0 Å². The maximum atomic E-state index is 13.6. The van der Waals surface area contributed by atoms with Crippen LogP contribution < -0.4 is 9.47 Å². The van der Waals surface area contributed by atoms with Crippen molar-refractivity contribution >= 4 is 0 Å². The molecule has 0 fully saturated rings. The average Bonchev–Trinajstić information content (AvgIpc) is 2.47. The molecule has 0 aliphatic carbocycles. The topological polar surface area (TPSA) is 38.7 Å². The van der Waals surface area contributed by atoms with Crippen molar-refractivity contribution in [2.75, 3.05) is 14.2 Å². The summed E-state index contributed by atoms with van der Waals surface area (Å²) < 4.78 is 23.6. The molecule has 0 aliphatic rings. The molecular weight excluding hydrogens is 259 g/mol. The Morgan fingerprint density at radius 3 is 2.55 bits per heavy atom. The molecule has 1 N–H and O–H groups in total. The molecule has 4 heteroatoms. The Morgan fingerprint density at radius 1 is 1.10 bits per heavy atom. The number of halogens is 1.